The molecule has 1 fully saturated rings. The van der Waals surface area contributed by atoms with Crippen LogP contribution in [0, 0.1) is 0 Å². The molecule has 3 rings (SSSR count). The van der Waals surface area contributed by atoms with Crippen molar-refractivity contribution in [2.75, 3.05) is 45.2 Å². The van der Waals surface area contributed by atoms with Gasteiger partial charge in [0, 0.05) is 51.5 Å². The van der Waals surface area contributed by atoms with Crippen molar-refractivity contribution in [1.82, 2.24) is 9.80 Å². The van der Waals surface area contributed by atoms with E-state index in [1.807, 2.05) is 48.2 Å². The Bertz CT molecular complexity index is 740. The van der Waals surface area contributed by atoms with Gasteiger partial charge in [0.15, 0.2) is 0 Å². The van der Waals surface area contributed by atoms with E-state index in [1.54, 1.807) is 11.0 Å². The van der Waals surface area contributed by atoms with E-state index in [9.17, 15) is 9.59 Å². The average Bonchev–Trinajstić information content (AvgIpc) is 3.05. The molecule has 2 heterocycles. The maximum Gasteiger partial charge on any atom is 0.257 e. The van der Waals surface area contributed by atoms with Crippen LogP contribution >= 0.6 is 0 Å². The summed E-state index contributed by atoms with van der Waals surface area (Å²) in [6.45, 7) is 2.36. The van der Waals surface area contributed by atoms with Gasteiger partial charge in [-0.25, -0.2) is 0 Å². The number of carbonyl (C=O) groups is 2. The van der Waals surface area contributed by atoms with Crippen molar-refractivity contribution >= 4 is 17.5 Å². The largest absolute Gasteiger partial charge is 0.472 e. The molecule has 2 aromatic rings. The van der Waals surface area contributed by atoms with Crippen LogP contribution in [0.1, 0.15) is 27.1 Å². The van der Waals surface area contributed by atoms with Gasteiger partial charge in [-0.3, -0.25) is 9.59 Å². The average molecular weight is 341 g/mol. The zero-order valence-electron chi connectivity index (χ0n) is 14.6. The number of hydrogen-bond donors (Lipinski definition) is 0. The van der Waals surface area contributed by atoms with E-state index in [0.717, 1.165) is 12.1 Å². The topological polar surface area (TPSA) is 57.0 Å². The van der Waals surface area contributed by atoms with E-state index in [-0.39, 0.29) is 11.8 Å². The number of furan rings is 1. The van der Waals surface area contributed by atoms with Gasteiger partial charge in [-0.05, 0) is 30.7 Å². The SMILES string of the molecule is CN(C)c1cccc(C(=O)N2CCCN(C(=O)c3ccoc3)CC2)c1. The Morgan fingerprint density at radius 3 is 2.24 bits per heavy atom. The minimum absolute atomic E-state index is 0.0151. The van der Waals surface area contributed by atoms with E-state index in [1.165, 1.54) is 12.5 Å². The van der Waals surface area contributed by atoms with E-state index >= 15 is 0 Å². The first-order valence-electron chi connectivity index (χ1n) is 8.44. The van der Waals surface area contributed by atoms with Crippen LogP contribution in [-0.2, 0) is 0 Å². The summed E-state index contributed by atoms with van der Waals surface area (Å²) >= 11 is 0. The van der Waals surface area contributed by atoms with Crippen molar-refractivity contribution in [2.45, 2.75) is 6.42 Å². The highest BCUT2D eigenvalue weighted by Crippen LogP contribution is 2.17. The first kappa shape index (κ1) is 17.1. The van der Waals surface area contributed by atoms with E-state index in [4.69, 9.17) is 4.42 Å². The van der Waals surface area contributed by atoms with Gasteiger partial charge < -0.3 is 19.1 Å². The molecule has 1 aliphatic rings. The first-order chi connectivity index (χ1) is 12.1. The third kappa shape index (κ3) is 3.84. The van der Waals surface area contributed by atoms with Crippen molar-refractivity contribution in [2.24, 2.45) is 0 Å². The Kier molecular flexibility index (Phi) is 5.07. The van der Waals surface area contributed by atoms with Gasteiger partial charge in [0.25, 0.3) is 11.8 Å². The monoisotopic (exact) mass is 341 g/mol. The summed E-state index contributed by atoms with van der Waals surface area (Å²) in [6.07, 6.45) is 3.73. The molecule has 0 atom stereocenters. The Labute approximate surface area is 147 Å². The second-order valence-electron chi connectivity index (χ2n) is 6.39. The van der Waals surface area contributed by atoms with Crippen molar-refractivity contribution in [3.05, 3.63) is 54.0 Å². The van der Waals surface area contributed by atoms with Gasteiger partial charge in [0.05, 0.1) is 11.8 Å². The highest BCUT2D eigenvalue weighted by atomic mass is 16.3. The molecular formula is C19H23N3O3. The smallest absolute Gasteiger partial charge is 0.257 e. The summed E-state index contributed by atoms with van der Waals surface area (Å²) in [6, 6.07) is 9.29. The number of benzene rings is 1. The maximum atomic E-state index is 12.8. The maximum absolute atomic E-state index is 12.8. The minimum Gasteiger partial charge on any atom is -0.472 e. The fraction of sp³-hybridized carbons (Fsp3) is 0.368. The molecule has 2 amide bonds. The number of hydrogen-bond acceptors (Lipinski definition) is 4. The fourth-order valence-electron chi connectivity index (χ4n) is 2.99. The Morgan fingerprint density at radius 2 is 1.64 bits per heavy atom. The van der Waals surface area contributed by atoms with Gasteiger partial charge in [-0.15, -0.1) is 0 Å². The lowest BCUT2D eigenvalue weighted by Crippen LogP contribution is -2.37. The third-order valence-electron chi connectivity index (χ3n) is 4.45. The predicted octanol–water partition coefficient (Wildman–Crippen LogP) is 2.33. The summed E-state index contributed by atoms with van der Waals surface area (Å²) in [4.78, 5) is 30.9. The second kappa shape index (κ2) is 7.42. The van der Waals surface area contributed by atoms with Crippen molar-refractivity contribution in [3.8, 4) is 0 Å². The lowest BCUT2D eigenvalue weighted by Gasteiger charge is -2.22. The molecule has 1 aliphatic heterocycles. The van der Waals surface area contributed by atoms with Crippen LogP contribution in [0.2, 0.25) is 0 Å². The van der Waals surface area contributed by atoms with Crippen molar-refractivity contribution in [1.29, 1.82) is 0 Å². The number of carbonyl (C=O) groups excluding carboxylic acids is 2. The summed E-state index contributed by atoms with van der Waals surface area (Å²) in [7, 11) is 3.91. The molecular weight excluding hydrogens is 318 g/mol. The Balaban J connectivity index is 1.67. The van der Waals surface area contributed by atoms with Gasteiger partial charge in [0.2, 0.25) is 0 Å². The highest BCUT2D eigenvalue weighted by molar-refractivity contribution is 5.96. The molecule has 0 radical (unpaired) electrons. The van der Waals surface area contributed by atoms with Crippen molar-refractivity contribution in [3.63, 3.8) is 0 Å². The summed E-state index contributed by atoms with van der Waals surface area (Å²) in [5.74, 6) is -0.0287. The van der Waals surface area contributed by atoms with Crippen LogP contribution in [0.25, 0.3) is 0 Å². The number of amides is 2. The Morgan fingerprint density at radius 1 is 0.960 bits per heavy atom. The second-order valence-corrected chi connectivity index (χ2v) is 6.39. The number of nitrogens with zero attached hydrogens (tertiary/aromatic N) is 3. The lowest BCUT2D eigenvalue weighted by molar-refractivity contribution is 0.0718. The van der Waals surface area contributed by atoms with Crippen LogP contribution in [0.5, 0.6) is 0 Å². The lowest BCUT2D eigenvalue weighted by atomic mass is 10.1. The molecule has 0 bridgehead atoms. The van der Waals surface area contributed by atoms with Gasteiger partial charge in [-0.2, -0.15) is 0 Å². The third-order valence-corrected chi connectivity index (χ3v) is 4.45. The molecule has 1 aromatic carbocycles. The standard InChI is InChI=1S/C19H23N3O3/c1-20(2)17-6-3-5-15(13-17)18(23)21-8-4-9-22(11-10-21)19(24)16-7-12-25-14-16/h3,5-7,12-14H,4,8-11H2,1-2H3. The molecule has 0 aliphatic carbocycles. The minimum atomic E-state index is -0.0438. The number of rotatable bonds is 3. The van der Waals surface area contributed by atoms with Crippen LogP contribution in [0.3, 0.4) is 0 Å². The molecule has 1 saturated heterocycles. The fourth-order valence-corrected chi connectivity index (χ4v) is 2.99. The van der Waals surface area contributed by atoms with Gasteiger partial charge >= 0.3 is 0 Å². The van der Waals surface area contributed by atoms with E-state index in [2.05, 4.69) is 0 Å². The van der Waals surface area contributed by atoms with Crippen molar-refractivity contribution < 1.29 is 14.0 Å². The van der Waals surface area contributed by atoms with Crippen LogP contribution < -0.4 is 4.90 Å². The van der Waals surface area contributed by atoms with E-state index in [0.29, 0.717) is 37.3 Å². The normalized spacial score (nSPS) is 15.0. The quantitative estimate of drug-likeness (QED) is 0.860. The van der Waals surface area contributed by atoms with Gasteiger partial charge in [0.1, 0.15) is 6.26 Å². The first-order valence-corrected chi connectivity index (χ1v) is 8.44. The zero-order valence-corrected chi connectivity index (χ0v) is 14.6. The molecule has 6 heteroatoms. The van der Waals surface area contributed by atoms with Gasteiger partial charge in [-0.1, -0.05) is 6.07 Å². The molecule has 6 nitrogen and oxygen atoms in total. The Hall–Kier alpha value is -2.76. The number of anilines is 1. The zero-order chi connectivity index (χ0) is 17.8. The summed E-state index contributed by atoms with van der Waals surface area (Å²) in [5, 5.41) is 0. The molecule has 0 saturated carbocycles. The predicted molar refractivity (Wildman–Crippen MR) is 95.9 cm³/mol. The van der Waals surface area contributed by atoms with Crippen LogP contribution in [0.15, 0.2) is 47.3 Å². The molecule has 0 spiro atoms. The molecule has 0 unspecified atom stereocenters. The molecule has 1 aromatic heterocycles. The van der Waals surface area contributed by atoms with E-state index < -0.39 is 0 Å². The summed E-state index contributed by atoms with van der Waals surface area (Å²) in [5.41, 5.74) is 2.23. The molecule has 132 valence electrons. The molecule has 25 heavy (non-hydrogen) atoms. The summed E-state index contributed by atoms with van der Waals surface area (Å²) < 4.78 is 4.99. The van der Waals surface area contributed by atoms with Crippen LogP contribution in [0.4, 0.5) is 5.69 Å². The molecule has 0 N–H and O–H groups in total. The van der Waals surface area contributed by atoms with Crippen LogP contribution in [-0.4, -0.2) is 61.9 Å². The highest BCUT2D eigenvalue weighted by Gasteiger charge is 2.24.